The average molecular weight is 296 g/mol. The molecule has 1 atom stereocenters. The van der Waals surface area contributed by atoms with Crippen molar-refractivity contribution in [2.24, 2.45) is 0 Å². The predicted molar refractivity (Wildman–Crippen MR) is 76.3 cm³/mol. The molecule has 1 heterocycles. The number of halogens is 2. The van der Waals surface area contributed by atoms with Crippen LogP contribution in [0.2, 0.25) is 5.02 Å². The Morgan fingerprint density at radius 3 is 2.85 bits per heavy atom. The van der Waals surface area contributed by atoms with Crippen molar-refractivity contribution in [3.05, 3.63) is 47.0 Å². The zero-order valence-corrected chi connectivity index (χ0v) is 12.0. The van der Waals surface area contributed by atoms with Gasteiger partial charge in [0, 0.05) is 17.6 Å². The van der Waals surface area contributed by atoms with Gasteiger partial charge in [-0.15, -0.1) is 0 Å². The third kappa shape index (κ3) is 3.57. The Labute approximate surface area is 121 Å². The highest BCUT2D eigenvalue weighted by molar-refractivity contribution is 6.30. The number of rotatable bonds is 4. The molecule has 1 N–H and O–H groups in total. The lowest BCUT2D eigenvalue weighted by molar-refractivity contribution is -0.116. The number of amides is 1. The Morgan fingerprint density at radius 1 is 1.50 bits per heavy atom. The number of aromatic nitrogens is 2. The average Bonchev–Trinajstić information content (AvgIpc) is 2.79. The van der Waals surface area contributed by atoms with Crippen LogP contribution < -0.4 is 5.32 Å². The van der Waals surface area contributed by atoms with E-state index in [4.69, 9.17) is 11.6 Å². The van der Waals surface area contributed by atoms with Gasteiger partial charge >= 0.3 is 0 Å². The Balaban J connectivity index is 1.98. The lowest BCUT2D eigenvalue weighted by atomic mass is 10.2. The highest BCUT2D eigenvalue weighted by Crippen LogP contribution is 2.20. The molecule has 1 aromatic carbocycles. The van der Waals surface area contributed by atoms with Gasteiger partial charge < -0.3 is 5.32 Å². The summed E-state index contributed by atoms with van der Waals surface area (Å²) in [5.74, 6) is -0.819. The molecule has 0 unspecified atom stereocenters. The largest absolute Gasteiger partial charge is 0.324 e. The molecule has 4 nitrogen and oxygen atoms in total. The number of hydrogen-bond donors (Lipinski definition) is 1. The van der Waals surface area contributed by atoms with E-state index in [9.17, 15) is 9.18 Å². The van der Waals surface area contributed by atoms with Crippen molar-refractivity contribution in [1.29, 1.82) is 0 Å². The zero-order chi connectivity index (χ0) is 14.7. The minimum absolute atomic E-state index is 0.0981. The summed E-state index contributed by atoms with van der Waals surface area (Å²) in [7, 11) is 0. The molecule has 1 amide bonds. The number of anilines is 1. The number of carbonyl (C=O) groups excluding carboxylic acids is 1. The van der Waals surface area contributed by atoms with Crippen LogP contribution in [0.5, 0.6) is 0 Å². The molecule has 1 aromatic heterocycles. The summed E-state index contributed by atoms with van der Waals surface area (Å²) in [6.07, 6.45) is 2.03. The molecule has 0 aliphatic heterocycles. The van der Waals surface area contributed by atoms with Crippen molar-refractivity contribution in [1.82, 2.24) is 9.78 Å². The molecule has 0 fully saturated rings. The number of aryl methyl sites for hydroxylation is 1. The first-order chi connectivity index (χ1) is 9.45. The molecule has 0 aliphatic rings. The van der Waals surface area contributed by atoms with Crippen LogP contribution in [0, 0.1) is 12.7 Å². The van der Waals surface area contributed by atoms with E-state index in [0.717, 1.165) is 11.8 Å². The van der Waals surface area contributed by atoms with E-state index < -0.39 is 5.82 Å². The maximum Gasteiger partial charge on any atom is 0.226 e. The van der Waals surface area contributed by atoms with Crippen LogP contribution >= 0.6 is 11.6 Å². The molecule has 0 radical (unpaired) electrons. The van der Waals surface area contributed by atoms with E-state index in [2.05, 4.69) is 10.4 Å². The minimum Gasteiger partial charge on any atom is -0.324 e. The Morgan fingerprint density at radius 2 is 2.25 bits per heavy atom. The van der Waals surface area contributed by atoms with Gasteiger partial charge in [0.25, 0.3) is 0 Å². The molecular weight excluding hydrogens is 281 g/mol. The van der Waals surface area contributed by atoms with Gasteiger partial charge in [-0.25, -0.2) is 4.39 Å². The van der Waals surface area contributed by atoms with Gasteiger partial charge in [-0.1, -0.05) is 11.6 Å². The number of benzene rings is 1. The monoisotopic (exact) mass is 295 g/mol. The van der Waals surface area contributed by atoms with Gasteiger partial charge in [0.05, 0.1) is 17.4 Å². The Hall–Kier alpha value is -1.88. The van der Waals surface area contributed by atoms with Crippen LogP contribution in [-0.2, 0) is 4.79 Å². The number of hydrogen-bond acceptors (Lipinski definition) is 2. The molecule has 0 spiro atoms. The van der Waals surface area contributed by atoms with Crippen molar-refractivity contribution in [2.75, 3.05) is 5.32 Å². The fraction of sp³-hybridized carbons (Fsp3) is 0.286. The van der Waals surface area contributed by atoms with Crippen LogP contribution in [0.1, 0.15) is 25.1 Å². The first-order valence-electron chi connectivity index (χ1n) is 6.22. The second kappa shape index (κ2) is 6.05. The van der Waals surface area contributed by atoms with Gasteiger partial charge in [0.1, 0.15) is 5.82 Å². The van der Waals surface area contributed by atoms with Gasteiger partial charge in [0.15, 0.2) is 0 Å². The first-order valence-corrected chi connectivity index (χ1v) is 6.60. The fourth-order valence-corrected chi connectivity index (χ4v) is 1.99. The summed E-state index contributed by atoms with van der Waals surface area (Å²) >= 11 is 5.66. The van der Waals surface area contributed by atoms with Crippen molar-refractivity contribution in [3.63, 3.8) is 0 Å². The summed E-state index contributed by atoms with van der Waals surface area (Å²) in [4.78, 5) is 11.9. The molecule has 106 valence electrons. The number of carbonyl (C=O) groups is 1. The standard InChI is InChI=1S/C14H15ClFN3O/c1-9-5-6-19(18-9)10(2)7-14(20)17-13-4-3-11(15)8-12(13)16/h3-6,8,10H,7H2,1-2H3,(H,17,20)/t10-/m1/s1. The summed E-state index contributed by atoms with van der Waals surface area (Å²) in [6, 6.07) is 5.91. The molecule has 0 bridgehead atoms. The second-order valence-corrected chi connectivity index (χ2v) is 5.10. The quantitative estimate of drug-likeness (QED) is 0.937. The fourth-order valence-electron chi connectivity index (χ4n) is 1.83. The van der Waals surface area contributed by atoms with Gasteiger partial charge in [0.2, 0.25) is 5.91 Å². The number of nitrogens with zero attached hydrogens (tertiary/aromatic N) is 2. The van der Waals surface area contributed by atoms with E-state index >= 15 is 0 Å². The van der Waals surface area contributed by atoms with Gasteiger partial charge in [-0.05, 0) is 38.1 Å². The van der Waals surface area contributed by atoms with Crippen molar-refractivity contribution < 1.29 is 9.18 Å². The van der Waals surface area contributed by atoms with E-state index in [1.807, 2.05) is 26.1 Å². The van der Waals surface area contributed by atoms with E-state index in [1.54, 1.807) is 4.68 Å². The first kappa shape index (κ1) is 14.5. The van der Waals surface area contributed by atoms with Gasteiger partial charge in [-0.3, -0.25) is 9.48 Å². The smallest absolute Gasteiger partial charge is 0.226 e. The summed E-state index contributed by atoms with van der Waals surface area (Å²) in [5, 5.41) is 7.07. The lowest BCUT2D eigenvalue weighted by Gasteiger charge is -2.12. The summed E-state index contributed by atoms with van der Waals surface area (Å²) in [6.45, 7) is 3.76. The maximum atomic E-state index is 13.6. The topological polar surface area (TPSA) is 46.9 Å². The molecule has 0 saturated carbocycles. The highest BCUT2D eigenvalue weighted by Gasteiger charge is 2.13. The second-order valence-electron chi connectivity index (χ2n) is 4.66. The third-order valence-corrected chi connectivity index (χ3v) is 3.11. The molecule has 0 saturated heterocycles. The zero-order valence-electron chi connectivity index (χ0n) is 11.2. The van der Waals surface area contributed by atoms with Crippen molar-refractivity contribution >= 4 is 23.2 Å². The minimum atomic E-state index is -0.548. The molecule has 2 aromatic rings. The Bertz CT molecular complexity index is 627. The van der Waals surface area contributed by atoms with E-state index in [-0.39, 0.29) is 24.1 Å². The molecule has 6 heteroatoms. The van der Waals surface area contributed by atoms with Crippen LogP contribution in [0.15, 0.2) is 30.5 Å². The molecule has 20 heavy (non-hydrogen) atoms. The maximum absolute atomic E-state index is 13.6. The van der Waals surface area contributed by atoms with Crippen LogP contribution in [0.3, 0.4) is 0 Å². The highest BCUT2D eigenvalue weighted by atomic mass is 35.5. The summed E-state index contributed by atoms with van der Waals surface area (Å²) < 4.78 is 15.3. The molecule has 0 aliphatic carbocycles. The molecular formula is C14H15ClFN3O. The normalized spacial score (nSPS) is 12.2. The molecule has 2 rings (SSSR count). The summed E-state index contributed by atoms with van der Waals surface area (Å²) in [5.41, 5.74) is 1.02. The van der Waals surface area contributed by atoms with Crippen LogP contribution in [0.25, 0.3) is 0 Å². The van der Waals surface area contributed by atoms with Crippen molar-refractivity contribution in [3.8, 4) is 0 Å². The van der Waals surface area contributed by atoms with E-state index in [1.165, 1.54) is 12.1 Å². The number of nitrogens with one attached hydrogen (secondary N) is 1. The van der Waals surface area contributed by atoms with Crippen LogP contribution in [-0.4, -0.2) is 15.7 Å². The van der Waals surface area contributed by atoms with Gasteiger partial charge in [-0.2, -0.15) is 5.10 Å². The third-order valence-electron chi connectivity index (χ3n) is 2.88. The van der Waals surface area contributed by atoms with Crippen LogP contribution in [0.4, 0.5) is 10.1 Å². The van der Waals surface area contributed by atoms with E-state index in [0.29, 0.717) is 5.02 Å². The Kier molecular flexibility index (Phi) is 4.39. The van der Waals surface area contributed by atoms with Crippen molar-refractivity contribution in [2.45, 2.75) is 26.3 Å². The lowest BCUT2D eigenvalue weighted by Crippen LogP contribution is -2.18. The SMILES string of the molecule is Cc1ccn([C@H](C)CC(=O)Nc2ccc(Cl)cc2F)n1. The predicted octanol–water partition coefficient (Wildman–Crippen LogP) is 3.57.